The monoisotopic (exact) mass is 570 g/mol. The second-order valence-corrected chi connectivity index (χ2v) is 8.41. The van der Waals surface area contributed by atoms with Gasteiger partial charge in [-0.15, -0.1) is 24.0 Å². The highest BCUT2D eigenvalue weighted by Gasteiger charge is 2.15. The number of guanidine groups is 1. The summed E-state index contributed by atoms with van der Waals surface area (Å²) in [6, 6.07) is 6.51. The molecule has 2 aromatic rings. The fourth-order valence-electron chi connectivity index (χ4n) is 2.62. The van der Waals surface area contributed by atoms with Gasteiger partial charge < -0.3 is 16.0 Å². The van der Waals surface area contributed by atoms with Crippen molar-refractivity contribution in [3.8, 4) is 0 Å². The van der Waals surface area contributed by atoms with Gasteiger partial charge in [-0.3, -0.25) is 9.79 Å². The van der Waals surface area contributed by atoms with Crippen LogP contribution < -0.4 is 16.0 Å². The number of nitrogens with one attached hydrogen (secondary N) is 3. The van der Waals surface area contributed by atoms with E-state index >= 15 is 0 Å². The van der Waals surface area contributed by atoms with E-state index in [0.717, 1.165) is 17.9 Å². The highest BCUT2D eigenvalue weighted by atomic mass is 127. The predicted octanol–water partition coefficient (Wildman–Crippen LogP) is 2.74. The first-order chi connectivity index (χ1) is 14.0. The first-order valence-corrected chi connectivity index (χ1v) is 10.6. The summed E-state index contributed by atoms with van der Waals surface area (Å²) >= 11 is 0. The number of amides is 1. The lowest BCUT2D eigenvalue weighted by molar-refractivity contribution is -0.115. The van der Waals surface area contributed by atoms with Crippen molar-refractivity contribution in [3.05, 3.63) is 58.9 Å². The maximum atomic E-state index is 13.6. The van der Waals surface area contributed by atoms with Crippen LogP contribution in [0.25, 0.3) is 0 Å². The Morgan fingerprint density at radius 1 is 1.06 bits per heavy atom. The molecule has 0 aliphatic heterocycles. The molecule has 0 aromatic heterocycles. The molecule has 12 heteroatoms. The highest BCUT2D eigenvalue weighted by molar-refractivity contribution is 14.0. The van der Waals surface area contributed by atoms with E-state index in [1.807, 2.05) is 0 Å². The maximum Gasteiger partial charge on any atom is 0.243 e. The van der Waals surface area contributed by atoms with Gasteiger partial charge in [-0.2, -0.15) is 0 Å². The minimum atomic E-state index is -3.31. The molecule has 0 bridgehead atoms. The number of benzene rings is 2. The van der Waals surface area contributed by atoms with Crippen LogP contribution in [0.2, 0.25) is 0 Å². The van der Waals surface area contributed by atoms with Gasteiger partial charge in [-0.25, -0.2) is 21.6 Å². The Kier molecular flexibility index (Phi) is 9.74. The summed E-state index contributed by atoms with van der Waals surface area (Å²) in [7, 11) is -1.84. The number of hydrogen-bond donors (Lipinski definition) is 3. The normalized spacial score (nSPS) is 11.5. The fraction of sp³-hybridized carbons (Fsp3) is 0.263. The minimum Gasteiger partial charge on any atom is -0.352 e. The molecule has 31 heavy (non-hydrogen) atoms. The topological polar surface area (TPSA) is 99.7 Å². The smallest absolute Gasteiger partial charge is 0.243 e. The number of carbonyl (C=O) groups is 1. The molecule has 2 rings (SSSR count). The molecule has 0 saturated carbocycles. The molecule has 0 heterocycles. The number of carbonyl (C=O) groups excluding carboxylic acids is 1. The summed E-state index contributed by atoms with van der Waals surface area (Å²) in [5.74, 6) is -4.96. The van der Waals surface area contributed by atoms with Gasteiger partial charge in [0.1, 0.15) is 0 Å². The first kappa shape index (κ1) is 26.7. The number of halogens is 4. The Bertz CT molecular complexity index is 1100. The number of rotatable bonds is 6. The van der Waals surface area contributed by atoms with Crippen LogP contribution in [0.4, 0.5) is 18.9 Å². The van der Waals surface area contributed by atoms with E-state index in [2.05, 4.69) is 20.9 Å². The van der Waals surface area contributed by atoms with Crippen LogP contribution in [0, 0.1) is 24.4 Å². The van der Waals surface area contributed by atoms with Gasteiger partial charge in [0.2, 0.25) is 5.91 Å². The van der Waals surface area contributed by atoms with E-state index in [1.165, 1.54) is 13.1 Å². The van der Waals surface area contributed by atoms with Crippen molar-refractivity contribution in [1.82, 2.24) is 10.6 Å². The third-order valence-electron chi connectivity index (χ3n) is 4.05. The van der Waals surface area contributed by atoms with Crippen LogP contribution in [-0.2, 0) is 21.2 Å². The van der Waals surface area contributed by atoms with E-state index in [1.54, 1.807) is 19.1 Å². The summed E-state index contributed by atoms with van der Waals surface area (Å²) in [5, 5.41) is 7.78. The molecular formula is C19H22F3IN4O3S. The number of aryl methyl sites for hydroxylation is 1. The van der Waals surface area contributed by atoms with Crippen molar-refractivity contribution in [2.24, 2.45) is 4.99 Å². The molecule has 0 saturated heterocycles. The maximum absolute atomic E-state index is 13.6. The van der Waals surface area contributed by atoms with E-state index in [4.69, 9.17) is 0 Å². The second-order valence-electron chi connectivity index (χ2n) is 6.42. The van der Waals surface area contributed by atoms with Gasteiger partial charge in [-0.1, -0.05) is 12.1 Å². The number of hydrogen-bond acceptors (Lipinski definition) is 4. The zero-order valence-electron chi connectivity index (χ0n) is 16.9. The molecule has 0 aliphatic carbocycles. The summed E-state index contributed by atoms with van der Waals surface area (Å²) in [5.41, 5.74) is 0.911. The van der Waals surface area contributed by atoms with E-state index in [-0.39, 0.29) is 41.4 Å². The molecule has 0 atom stereocenters. The SMILES string of the molecule is CN=C(NCC(=O)Nc1ccc(F)c(F)c1F)NCc1ccc(S(C)(=O)=O)c(C)c1.I. The van der Waals surface area contributed by atoms with Crippen LogP contribution in [0.3, 0.4) is 0 Å². The third kappa shape index (κ3) is 7.38. The molecule has 0 spiro atoms. The molecule has 170 valence electrons. The zero-order valence-corrected chi connectivity index (χ0v) is 20.1. The molecular weight excluding hydrogens is 548 g/mol. The molecule has 2 aromatic carbocycles. The van der Waals surface area contributed by atoms with Crippen LogP contribution in [0.15, 0.2) is 40.2 Å². The van der Waals surface area contributed by atoms with E-state index in [9.17, 15) is 26.4 Å². The molecule has 0 unspecified atom stereocenters. The average Bonchev–Trinajstić information content (AvgIpc) is 2.67. The standard InChI is InChI=1S/C19H21F3N4O3S.HI/c1-11-8-12(4-7-15(11)30(3,28)29)9-24-19(23-2)25-10-16(27)26-14-6-5-13(20)17(21)18(14)22;/h4-8H,9-10H2,1-3H3,(H,26,27)(H2,23,24,25);1H. The summed E-state index contributed by atoms with van der Waals surface area (Å²) in [4.78, 5) is 16.1. The lowest BCUT2D eigenvalue weighted by Gasteiger charge is -2.13. The molecule has 7 nitrogen and oxygen atoms in total. The van der Waals surface area contributed by atoms with Crippen LogP contribution in [0.5, 0.6) is 0 Å². The number of sulfone groups is 1. The van der Waals surface area contributed by atoms with Gasteiger partial charge in [0, 0.05) is 19.8 Å². The average molecular weight is 570 g/mol. The Balaban J connectivity index is 0.00000480. The Hall–Kier alpha value is -2.35. The van der Waals surface area contributed by atoms with Crippen molar-refractivity contribution < 1.29 is 26.4 Å². The zero-order chi connectivity index (χ0) is 22.5. The van der Waals surface area contributed by atoms with Crippen molar-refractivity contribution in [1.29, 1.82) is 0 Å². The van der Waals surface area contributed by atoms with Gasteiger partial charge in [-0.05, 0) is 36.2 Å². The van der Waals surface area contributed by atoms with Crippen molar-refractivity contribution in [2.45, 2.75) is 18.4 Å². The van der Waals surface area contributed by atoms with Crippen LogP contribution in [0.1, 0.15) is 11.1 Å². The Morgan fingerprint density at radius 3 is 2.32 bits per heavy atom. The van der Waals surface area contributed by atoms with Gasteiger partial charge in [0.15, 0.2) is 33.2 Å². The Labute approximate surface area is 195 Å². The number of anilines is 1. The lowest BCUT2D eigenvalue weighted by Crippen LogP contribution is -2.41. The Morgan fingerprint density at radius 2 is 1.74 bits per heavy atom. The molecule has 0 aliphatic rings. The van der Waals surface area contributed by atoms with Crippen LogP contribution in [-0.4, -0.2) is 40.1 Å². The molecule has 3 N–H and O–H groups in total. The number of aliphatic imine (C=N–C) groups is 1. The third-order valence-corrected chi connectivity index (χ3v) is 5.31. The van der Waals surface area contributed by atoms with Gasteiger partial charge in [0.25, 0.3) is 0 Å². The van der Waals surface area contributed by atoms with Crippen molar-refractivity contribution in [2.75, 3.05) is 25.2 Å². The summed E-state index contributed by atoms with van der Waals surface area (Å²) < 4.78 is 63.1. The minimum absolute atomic E-state index is 0. The second kappa shape index (κ2) is 11.3. The summed E-state index contributed by atoms with van der Waals surface area (Å²) in [6.45, 7) is 1.67. The van der Waals surface area contributed by atoms with Crippen molar-refractivity contribution in [3.63, 3.8) is 0 Å². The fourth-order valence-corrected chi connectivity index (χ4v) is 3.58. The van der Waals surface area contributed by atoms with E-state index in [0.29, 0.717) is 18.2 Å². The van der Waals surface area contributed by atoms with E-state index < -0.39 is 38.9 Å². The van der Waals surface area contributed by atoms with Crippen LogP contribution >= 0.6 is 24.0 Å². The van der Waals surface area contributed by atoms with Gasteiger partial charge >= 0.3 is 0 Å². The largest absolute Gasteiger partial charge is 0.352 e. The van der Waals surface area contributed by atoms with Gasteiger partial charge in [0.05, 0.1) is 17.1 Å². The molecule has 0 fully saturated rings. The first-order valence-electron chi connectivity index (χ1n) is 8.70. The quantitative estimate of drug-likeness (QED) is 0.215. The number of nitrogens with zero attached hydrogens (tertiary/aromatic N) is 1. The lowest BCUT2D eigenvalue weighted by atomic mass is 10.1. The van der Waals surface area contributed by atoms with Crippen molar-refractivity contribution >= 4 is 51.4 Å². The molecule has 0 radical (unpaired) electrons. The predicted molar refractivity (Wildman–Crippen MR) is 123 cm³/mol. The highest BCUT2D eigenvalue weighted by Crippen LogP contribution is 2.19. The molecule has 1 amide bonds. The summed E-state index contributed by atoms with van der Waals surface area (Å²) in [6.07, 6.45) is 1.14.